The Bertz CT molecular complexity index is 896. The normalized spacial score (nSPS) is 14.5. The number of para-hydroxylation sites is 1. The molecule has 0 radical (unpaired) electrons. The summed E-state index contributed by atoms with van der Waals surface area (Å²) in [5, 5.41) is 13.9. The van der Waals surface area contributed by atoms with Gasteiger partial charge in [0, 0.05) is 11.6 Å². The van der Waals surface area contributed by atoms with Gasteiger partial charge in [-0.3, -0.25) is 0 Å². The number of nitrogens with zero attached hydrogens (tertiary/aromatic N) is 1. The zero-order chi connectivity index (χ0) is 17.9. The molecule has 0 amide bonds. The van der Waals surface area contributed by atoms with Crippen LogP contribution in [0.2, 0.25) is 0 Å². The van der Waals surface area contributed by atoms with Crippen LogP contribution in [0.3, 0.4) is 0 Å². The molecule has 1 heterocycles. The Kier molecular flexibility index (Phi) is 4.61. The first kappa shape index (κ1) is 16.6. The summed E-state index contributed by atoms with van der Waals surface area (Å²) >= 11 is 0. The number of hydrogen-bond donors (Lipinski definition) is 2. The molecule has 26 heavy (non-hydrogen) atoms. The molecule has 3 heteroatoms. The highest BCUT2D eigenvalue weighted by atomic mass is 16.3. The van der Waals surface area contributed by atoms with Crippen molar-refractivity contribution >= 4 is 5.82 Å². The molecule has 1 aliphatic rings. The van der Waals surface area contributed by atoms with Gasteiger partial charge < -0.3 is 10.4 Å². The lowest BCUT2D eigenvalue weighted by atomic mass is 10.0. The molecular weight excluding hydrogens is 320 g/mol. The van der Waals surface area contributed by atoms with Gasteiger partial charge in [0.05, 0.1) is 5.69 Å². The number of benzene rings is 2. The second-order valence-corrected chi connectivity index (χ2v) is 7.14. The highest BCUT2D eigenvalue weighted by molar-refractivity contribution is 5.76. The summed E-state index contributed by atoms with van der Waals surface area (Å²) in [7, 11) is 0. The van der Waals surface area contributed by atoms with Crippen molar-refractivity contribution < 1.29 is 5.11 Å². The predicted octanol–water partition coefficient (Wildman–Crippen LogP) is 5.78. The molecule has 4 rings (SSSR count). The third-order valence-corrected chi connectivity index (χ3v) is 5.10. The molecule has 0 spiro atoms. The molecule has 1 aromatic heterocycles. The van der Waals surface area contributed by atoms with E-state index in [2.05, 4.69) is 48.6 Å². The molecule has 2 aromatic carbocycles. The Morgan fingerprint density at radius 1 is 0.923 bits per heavy atom. The van der Waals surface area contributed by atoms with Crippen LogP contribution in [0.1, 0.15) is 31.2 Å². The van der Waals surface area contributed by atoms with E-state index in [1.807, 2.05) is 18.2 Å². The van der Waals surface area contributed by atoms with Crippen LogP contribution in [0.25, 0.3) is 22.4 Å². The number of nitrogens with one attached hydrogen (secondary N) is 1. The summed E-state index contributed by atoms with van der Waals surface area (Å²) in [6.07, 6.45) is 4.95. The highest BCUT2D eigenvalue weighted by Gasteiger charge is 2.16. The van der Waals surface area contributed by atoms with Gasteiger partial charge in [0.1, 0.15) is 11.6 Å². The van der Waals surface area contributed by atoms with E-state index in [0.717, 1.165) is 28.2 Å². The second kappa shape index (κ2) is 7.20. The fraction of sp³-hybridized carbons (Fsp3) is 0.261. The van der Waals surface area contributed by atoms with E-state index in [0.29, 0.717) is 6.04 Å². The van der Waals surface area contributed by atoms with Crippen LogP contribution in [0.15, 0.2) is 60.7 Å². The van der Waals surface area contributed by atoms with Gasteiger partial charge in [0.25, 0.3) is 0 Å². The lowest BCUT2D eigenvalue weighted by Crippen LogP contribution is -2.15. The van der Waals surface area contributed by atoms with Crippen LogP contribution in [-0.4, -0.2) is 16.1 Å². The summed E-state index contributed by atoms with van der Waals surface area (Å²) in [5.41, 5.74) is 5.06. The number of aromatic nitrogens is 1. The SMILES string of the molecule is Cc1ccc(-c2cc(NC3CCCC3)nc(-c3ccccc3O)c2)cc1. The van der Waals surface area contributed by atoms with Gasteiger partial charge >= 0.3 is 0 Å². The van der Waals surface area contributed by atoms with E-state index in [9.17, 15) is 5.11 Å². The standard InChI is InChI=1S/C23H24N2O/c1-16-10-12-17(13-11-16)18-14-21(20-8-4-5-9-22(20)26)25-23(15-18)24-19-6-2-3-7-19/h4-5,8-15,19,26H,2-3,6-7H2,1H3,(H,24,25). The number of phenolic OH excluding ortho intramolecular Hbond substituents is 1. The maximum atomic E-state index is 10.3. The molecule has 1 saturated carbocycles. The van der Waals surface area contributed by atoms with Crippen molar-refractivity contribution in [2.75, 3.05) is 5.32 Å². The summed E-state index contributed by atoms with van der Waals surface area (Å²) in [4.78, 5) is 4.80. The summed E-state index contributed by atoms with van der Waals surface area (Å²) < 4.78 is 0. The minimum Gasteiger partial charge on any atom is -0.507 e. The Labute approximate surface area is 154 Å². The first-order chi connectivity index (χ1) is 12.7. The Hall–Kier alpha value is -2.81. The van der Waals surface area contributed by atoms with Crippen molar-refractivity contribution in [2.24, 2.45) is 0 Å². The summed E-state index contributed by atoms with van der Waals surface area (Å²) in [6, 6.07) is 20.6. The van der Waals surface area contributed by atoms with E-state index < -0.39 is 0 Å². The highest BCUT2D eigenvalue weighted by Crippen LogP contribution is 2.33. The molecule has 2 N–H and O–H groups in total. The predicted molar refractivity (Wildman–Crippen MR) is 107 cm³/mol. The van der Waals surface area contributed by atoms with Crippen molar-refractivity contribution in [3.05, 3.63) is 66.2 Å². The third-order valence-electron chi connectivity index (χ3n) is 5.10. The van der Waals surface area contributed by atoms with Crippen LogP contribution >= 0.6 is 0 Å². The van der Waals surface area contributed by atoms with Gasteiger partial charge in [0.2, 0.25) is 0 Å². The van der Waals surface area contributed by atoms with Gasteiger partial charge in [-0.2, -0.15) is 0 Å². The lowest BCUT2D eigenvalue weighted by Gasteiger charge is -2.16. The van der Waals surface area contributed by atoms with Crippen LogP contribution in [0, 0.1) is 6.92 Å². The minimum absolute atomic E-state index is 0.257. The molecule has 1 aliphatic carbocycles. The van der Waals surface area contributed by atoms with Crippen molar-refractivity contribution in [3.8, 4) is 28.1 Å². The fourth-order valence-corrected chi connectivity index (χ4v) is 3.62. The number of aryl methyl sites for hydroxylation is 1. The van der Waals surface area contributed by atoms with Crippen LogP contribution in [0.4, 0.5) is 5.82 Å². The molecule has 0 aliphatic heterocycles. The van der Waals surface area contributed by atoms with Crippen LogP contribution < -0.4 is 5.32 Å². The number of pyridine rings is 1. The number of phenols is 1. The van der Waals surface area contributed by atoms with Gasteiger partial charge in [-0.25, -0.2) is 4.98 Å². The molecule has 3 aromatic rings. The van der Waals surface area contributed by atoms with Gasteiger partial charge in [-0.1, -0.05) is 54.8 Å². The zero-order valence-corrected chi connectivity index (χ0v) is 15.1. The molecule has 0 bridgehead atoms. The lowest BCUT2D eigenvalue weighted by molar-refractivity contribution is 0.477. The topological polar surface area (TPSA) is 45.2 Å². The number of rotatable bonds is 4. The Balaban J connectivity index is 1.78. The van der Waals surface area contributed by atoms with Crippen molar-refractivity contribution in [1.29, 1.82) is 0 Å². The number of anilines is 1. The largest absolute Gasteiger partial charge is 0.507 e. The van der Waals surface area contributed by atoms with Crippen molar-refractivity contribution in [1.82, 2.24) is 4.98 Å². The first-order valence-electron chi connectivity index (χ1n) is 9.33. The number of hydrogen-bond acceptors (Lipinski definition) is 3. The van der Waals surface area contributed by atoms with Crippen molar-refractivity contribution in [3.63, 3.8) is 0 Å². The maximum absolute atomic E-state index is 10.3. The molecule has 0 unspecified atom stereocenters. The van der Waals surface area contributed by atoms with Crippen molar-refractivity contribution in [2.45, 2.75) is 38.6 Å². The first-order valence-corrected chi connectivity index (χ1v) is 9.33. The Morgan fingerprint density at radius 2 is 1.65 bits per heavy atom. The molecule has 0 atom stereocenters. The quantitative estimate of drug-likeness (QED) is 0.630. The van der Waals surface area contributed by atoms with Crippen LogP contribution in [-0.2, 0) is 0 Å². The smallest absolute Gasteiger partial charge is 0.127 e. The van der Waals surface area contributed by atoms with Gasteiger partial charge in [0.15, 0.2) is 0 Å². The molecular formula is C23H24N2O. The number of aromatic hydroxyl groups is 1. The fourth-order valence-electron chi connectivity index (χ4n) is 3.62. The van der Waals surface area contributed by atoms with E-state index in [4.69, 9.17) is 4.98 Å². The van der Waals surface area contributed by atoms with E-state index >= 15 is 0 Å². The molecule has 3 nitrogen and oxygen atoms in total. The van der Waals surface area contributed by atoms with E-state index in [1.54, 1.807) is 6.07 Å². The molecule has 1 fully saturated rings. The summed E-state index contributed by atoms with van der Waals surface area (Å²) in [5.74, 6) is 1.14. The summed E-state index contributed by atoms with van der Waals surface area (Å²) in [6.45, 7) is 2.09. The zero-order valence-electron chi connectivity index (χ0n) is 15.1. The van der Waals surface area contributed by atoms with Crippen LogP contribution in [0.5, 0.6) is 5.75 Å². The average Bonchev–Trinajstić information content (AvgIpc) is 3.15. The third kappa shape index (κ3) is 3.57. The van der Waals surface area contributed by atoms with E-state index in [1.165, 1.54) is 31.2 Å². The Morgan fingerprint density at radius 3 is 2.38 bits per heavy atom. The van der Waals surface area contributed by atoms with Gasteiger partial charge in [-0.15, -0.1) is 0 Å². The van der Waals surface area contributed by atoms with E-state index in [-0.39, 0.29) is 5.75 Å². The monoisotopic (exact) mass is 344 g/mol. The molecule has 0 saturated heterocycles. The average molecular weight is 344 g/mol. The second-order valence-electron chi connectivity index (χ2n) is 7.14. The van der Waals surface area contributed by atoms with Gasteiger partial charge in [-0.05, 0) is 55.2 Å². The minimum atomic E-state index is 0.257. The maximum Gasteiger partial charge on any atom is 0.127 e. The molecule has 132 valence electrons.